The maximum absolute atomic E-state index is 12.7. The normalized spacial score (nSPS) is 10.9. The first kappa shape index (κ1) is 19.9. The van der Waals surface area contributed by atoms with E-state index in [2.05, 4.69) is 21.0 Å². The first-order chi connectivity index (χ1) is 12.8. The zero-order valence-electron chi connectivity index (χ0n) is 15.2. The summed E-state index contributed by atoms with van der Waals surface area (Å²) in [7, 11) is 3.64. The lowest BCUT2D eigenvalue weighted by molar-refractivity contribution is 0.0786. The molecule has 1 amide bonds. The summed E-state index contributed by atoms with van der Waals surface area (Å²) in [6, 6.07) is 7.44. The molecule has 8 heteroatoms. The molecule has 0 aliphatic carbocycles. The Kier molecular flexibility index (Phi) is 6.24. The number of hydrogen-bond acceptors (Lipinski definition) is 4. The molecule has 0 saturated carbocycles. The molecule has 0 atom stereocenters. The van der Waals surface area contributed by atoms with Gasteiger partial charge in [-0.05, 0) is 58.1 Å². The average molecular weight is 469 g/mol. The molecule has 3 aromatic rings. The fourth-order valence-corrected chi connectivity index (χ4v) is 4.02. The van der Waals surface area contributed by atoms with Gasteiger partial charge in [-0.15, -0.1) is 11.3 Å². The van der Waals surface area contributed by atoms with Gasteiger partial charge in [0, 0.05) is 24.7 Å². The van der Waals surface area contributed by atoms with Crippen LogP contribution in [-0.4, -0.2) is 27.6 Å². The van der Waals surface area contributed by atoms with Crippen LogP contribution in [0.1, 0.15) is 26.5 Å². The van der Waals surface area contributed by atoms with Crippen molar-refractivity contribution >= 4 is 44.8 Å². The van der Waals surface area contributed by atoms with Gasteiger partial charge in [0.15, 0.2) is 0 Å². The number of hydrogen-bond donors (Lipinski definition) is 0. The first-order valence-corrected chi connectivity index (χ1v) is 10.3. The highest BCUT2D eigenvalue weighted by Crippen LogP contribution is 2.24. The molecule has 1 aromatic carbocycles. The minimum Gasteiger partial charge on any atom is -0.489 e. The summed E-state index contributed by atoms with van der Waals surface area (Å²) >= 11 is 10.9. The first-order valence-electron chi connectivity index (χ1n) is 8.23. The van der Waals surface area contributed by atoms with Crippen molar-refractivity contribution in [2.75, 3.05) is 7.05 Å². The highest BCUT2D eigenvalue weighted by molar-refractivity contribution is 9.10. The molecule has 0 aliphatic heterocycles. The van der Waals surface area contributed by atoms with Crippen LogP contribution in [0.4, 0.5) is 0 Å². The number of nitrogens with zero attached hydrogens (tertiary/aromatic N) is 3. The molecule has 0 bridgehead atoms. The number of benzene rings is 1. The Labute approximate surface area is 175 Å². The molecule has 5 nitrogen and oxygen atoms in total. The number of carbonyl (C=O) groups excluding carboxylic acids is 1. The van der Waals surface area contributed by atoms with Gasteiger partial charge in [0.2, 0.25) is 0 Å². The second-order valence-electron chi connectivity index (χ2n) is 6.24. The third-order valence-corrected chi connectivity index (χ3v) is 6.20. The van der Waals surface area contributed by atoms with Gasteiger partial charge in [-0.3, -0.25) is 9.48 Å². The molecule has 0 N–H and O–H groups in total. The van der Waals surface area contributed by atoms with Crippen molar-refractivity contribution in [1.29, 1.82) is 0 Å². The lowest BCUT2D eigenvalue weighted by atomic mass is 10.2. The second kappa shape index (κ2) is 8.46. The largest absolute Gasteiger partial charge is 0.489 e. The second-order valence-corrected chi connectivity index (χ2v) is 8.42. The molecule has 27 heavy (non-hydrogen) atoms. The summed E-state index contributed by atoms with van der Waals surface area (Å²) in [5, 5.41) is 6.84. The van der Waals surface area contributed by atoms with Crippen molar-refractivity contribution in [2.45, 2.75) is 20.1 Å². The quantitative estimate of drug-likeness (QED) is 0.508. The van der Waals surface area contributed by atoms with E-state index in [4.69, 9.17) is 16.3 Å². The summed E-state index contributed by atoms with van der Waals surface area (Å²) in [5.74, 6) is 0.732. The minimum absolute atomic E-state index is 0.0262. The van der Waals surface area contributed by atoms with Gasteiger partial charge in [0.25, 0.3) is 5.91 Å². The maximum Gasteiger partial charge on any atom is 0.264 e. The molecule has 0 saturated heterocycles. The number of aromatic nitrogens is 2. The van der Waals surface area contributed by atoms with Crippen molar-refractivity contribution in [3.8, 4) is 5.75 Å². The Morgan fingerprint density at radius 2 is 2.19 bits per heavy atom. The van der Waals surface area contributed by atoms with Gasteiger partial charge in [0.05, 0.1) is 27.8 Å². The highest BCUT2D eigenvalue weighted by atomic mass is 79.9. The summed E-state index contributed by atoms with van der Waals surface area (Å²) in [4.78, 5) is 15.1. The van der Waals surface area contributed by atoms with Crippen molar-refractivity contribution in [1.82, 2.24) is 14.7 Å². The molecule has 0 fully saturated rings. The van der Waals surface area contributed by atoms with Crippen molar-refractivity contribution < 1.29 is 9.53 Å². The van der Waals surface area contributed by atoms with Crippen molar-refractivity contribution in [3.63, 3.8) is 0 Å². The highest BCUT2D eigenvalue weighted by Gasteiger charge is 2.17. The van der Waals surface area contributed by atoms with Gasteiger partial charge in [-0.1, -0.05) is 11.6 Å². The smallest absolute Gasteiger partial charge is 0.264 e. The molecular formula is C19H19BrClN3O2S. The lowest BCUT2D eigenvalue weighted by Crippen LogP contribution is -2.26. The van der Waals surface area contributed by atoms with Gasteiger partial charge >= 0.3 is 0 Å². The molecule has 0 unspecified atom stereocenters. The summed E-state index contributed by atoms with van der Waals surface area (Å²) < 4.78 is 8.45. The summed E-state index contributed by atoms with van der Waals surface area (Å²) in [5.41, 5.74) is 2.88. The molecule has 2 heterocycles. The zero-order valence-corrected chi connectivity index (χ0v) is 18.4. The lowest BCUT2D eigenvalue weighted by Gasteiger charge is -2.16. The van der Waals surface area contributed by atoms with E-state index in [0.29, 0.717) is 23.1 Å². The fourth-order valence-electron chi connectivity index (χ4n) is 2.54. The minimum atomic E-state index is -0.0262. The van der Waals surface area contributed by atoms with Gasteiger partial charge in [-0.25, -0.2) is 0 Å². The van der Waals surface area contributed by atoms with E-state index in [1.54, 1.807) is 22.8 Å². The van der Waals surface area contributed by atoms with Crippen LogP contribution in [0.25, 0.3) is 0 Å². The molecule has 0 radical (unpaired) electrons. The standard InChI is InChI=1S/C19H19BrClN3O2S/c1-12-6-14(4-5-16(12)21)26-10-13-7-18(27-11-13)19(25)23(2)9-17-15(20)8-22-24(17)3/h4-8,11H,9-10H2,1-3H3. The Hall–Kier alpha value is -1.83. The van der Waals surface area contributed by atoms with E-state index >= 15 is 0 Å². The van der Waals surface area contributed by atoms with E-state index in [1.807, 2.05) is 43.6 Å². The van der Waals surface area contributed by atoms with E-state index in [-0.39, 0.29) is 5.91 Å². The molecule has 2 aromatic heterocycles. The van der Waals surface area contributed by atoms with Crippen LogP contribution in [0.5, 0.6) is 5.75 Å². The Morgan fingerprint density at radius 3 is 2.85 bits per heavy atom. The van der Waals surface area contributed by atoms with Crippen LogP contribution in [0.3, 0.4) is 0 Å². The Morgan fingerprint density at radius 1 is 1.41 bits per heavy atom. The van der Waals surface area contributed by atoms with E-state index in [1.165, 1.54) is 11.3 Å². The van der Waals surface area contributed by atoms with Gasteiger partial charge in [-0.2, -0.15) is 5.10 Å². The number of rotatable bonds is 6. The number of amides is 1. The number of ether oxygens (including phenoxy) is 1. The van der Waals surface area contributed by atoms with Crippen LogP contribution < -0.4 is 4.74 Å². The van der Waals surface area contributed by atoms with E-state index in [0.717, 1.165) is 27.0 Å². The number of aryl methyl sites for hydroxylation is 2. The molecule has 3 rings (SSSR count). The molecule has 0 aliphatic rings. The Balaban J connectivity index is 1.62. The van der Waals surface area contributed by atoms with Crippen molar-refractivity contribution in [2.24, 2.45) is 7.05 Å². The van der Waals surface area contributed by atoms with Crippen molar-refractivity contribution in [3.05, 3.63) is 67.0 Å². The number of carbonyl (C=O) groups is 1. The molecular weight excluding hydrogens is 450 g/mol. The van der Waals surface area contributed by atoms with Crippen LogP contribution in [-0.2, 0) is 20.2 Å². The number of halogens is 2. The molecule has 142 valence electrons. The van der Waals surface area contributed by atoms with Crippen LogP contribution in [0.2, 0.25) is 5.02 Å². The predicted octanol–water partition coefficient (Wildman–Crippen LogP) is 5.06. The van der Waals surface area contributed by atoms with Crippen LogP contribution in [0.15, 0.2) is 40.3 Å². The summed E-state index contributed by atoms with van der Waals surface area (Å²) in [6.07, 6.45) is 1.73. The predicted molar refractivity (Wildman–Crippen MR) is 112 cm³/mol. The monoisotopic (exact) mass is 467 g/mol. The van der Waals surface area contributed by atoms with E-state index < -0.39 is 0 Å². The third kappa shape index (κ3) is 4.72. The van der Waals surface area contributed by atoms with Crippen LogP contribution >= 0.6 is 38.9 Å². The third-order valence-electron chi connectivity index (χ3n) is 4.14. The zero-order chi connectivity index (χ0) is 19.6. The fraction of sp³-hybridized carbons (Fsp3) is 0.263. The van der Waals surface area contributed by atoms with E-state index in [9.17, 15) is 4.79 Å². The maximum atomic E-state index is 12.7. The average Bonchev–Trinajstić information content (AvgIpc) is 3.24. The SMILES string of the molecule is Cc1cc(OCc2csc(C(=O)N(C)Cc3c(Br)cnn3C)c2)ccc1Cl. The number of thiophene rings is 1. The summed E-state index contributed by atoms with van der Waals surface area (Å²) in [6.45, 7) is 2.82. The molecule has 0 spiro atoms. The Bertz CT molecular complexity index is 950. The van der Waals surface area contributed by atoms with Gasteiger partial charge in [0.1, 0.15) is 12.4 Å². The van der Waals surface area contributed by atoms with Crippen LogP contribution in [0, 0.1) is 6.92 Å². The topological polar surface area (TPSA) is 47.4 Å². The van der Waals surface area contributed by atoms with Gasteiger partial charge < -0.3 is 9.64 Å².